The minimum absolute atomic E-state index is 0.188. The lowest BCUT2D eigenvalue weighted by Gasteiger charge is -2.03. The Morgan fingerprint density at radius 3 is 2.76 bits per heavy atom. The van der Waals surface area contributed by atoms with Gasteiger partial charge in [0.05, 0.1) is 5.69 Å². The molecule has 0 aliphatic rings. The number of aliphatic imine (C=N–C) groups is 1. The fourth-order valence-electron chi connectivity index (χ4n) is 2.66. The molecular formula is C18H13N5OS. The number of hydrogen-bond acceptors (Lipinski definition) is 4. The number of H-pyrrole nitrogens is 3. The van der Waals surface area contributed by atoms with E-state index in [1.165, 1.54) is 0 Å². The highest BCUT2D eigenvalue weighted by atomic mass is 32.1. The van der Waals surface area contributed by atoms with Crippen molar-refractivity contribution in [2.45, 2.75) is 0 Å². The van der Waals surface area contributed by atoms with E-state index in [2.05, 4.69) is 25.2 Å². The third-order valence-electron chi connectivity index (χ3n) is 3.83. The molecule has 0 unspecified atom stereocenters. The summed E-state index contributed by atoms with van der Waals surface area (Å²) in [5.74, 6) is 0. The van der Waals surface area contributed by atoms with Crippen molar-refractivity contribution < 1.29 is 0 Å². The number of para-hydroxylation sites is 2. The second kappa shape index (κ2) is 6.29. The molecule has 2 aromatic heterocycles. The number of nitrogens with zero attached hydrogens (tertiary/aromatic N) is 2. The average molecular weight is 347 g/mol. The summed E-state index contributed by atoms with van der Waals surface area (Å²) in [5, 5.41) is 7.75. The SMILES string of the molecule is O=c1[nH]c(=S)[nH]nc1-c1ccccc1N=Cc1c[nH]c2ccccc12. The second-order valence-corrected chi connectivity index (χ2v) is 5.83. The Kier molecular flexibility index (Phi) is 3.83. The summed E-state index contributed by atoms with van der Waals surface area (Å²) in [6.45, 7) is 0. The van der Waals surface area contributed by atoms with Gasteiger partial charge >= 0.3 is 0 Å². The lowest BCUT2D eigenvalue weighted by Crippen LogP contribution is -2.12. The first-order valence-electron chi connectivity index (χ1n) is 7.61. The van der Waals surface area contributed by atoms with Crippen LogP contribution in [0.25, 0.3) is 22.2 Å². The maximum atomic E-state index is 12.1. The zero-order chi connectivity index (χ0) is 17.2. The van der Waals surface area contributed by atoms with Gasteiger partial charge in [-0.15, -0.1) is 0 Å². The van der Waals surface area contributed by atoms with Crippen molar-refractivity contribution in [1.82, 2.24) is 20.2 Å². The monoisotopic (exact) mass is 347 g/mol. The predicted molar refractivity (Wildman–Crippen MR) is 101 cm³/mol. The van der Waals surface area contributed by atoms with E-state index in [0.717, 1.165) is 16.5 Å². The number of rotatable bonds is 3. The molecular weight excluding hydrogens is 334 g/mol. The maximum Gasteiger partial charge on any atom is 0.278 e. The van der Waals surface area contributed by atoms with Crippen LogP contribution in [0.2, 0.25) is 0 Å². The number of fused-ring (bicyclic) bond motifs is 1. The van der Waals surface area contributed by atoms with Crippen molar-refractivity contribution in [3.63, 3.8) is 0 Å². The topological polar surface area (TPSA) is 89.7 Å². The van der Waals surface area contributed by atoms with Gasteiger partial charge in [-0.05, 0) is 24.4 Å². The number of nitrogens with one attached hydrogen (secondary N) is 3. The standard InChI is InChI=1S/C18H13N5OS/c24-17-16(22-23-18(25)21-17)13-6-2-4-8-15(13)20-10-11-9-19-14-7-3-1-5-12(11)14/h1-10,19H,(H2,21,23,24,25). The van der Waals surface area contributed by atoms with Crippen LogP contribution in [0.15, 0.2) is 64.5 Å². The molecule has 0 aliphatic heterocycles. The van der Waals surface area contributed by atoms with E-state index >= 15 is 0 Å². The molecule has 122 valence electrons. The van der Waals surface area contributed by atoms with Gasteiger partial charge in [-0.25, -0.2) is 0 Å². The van der Waals surface area contributed by atoms with Crippen LogP contribution in [0.4, 0.5) is 5.69 Å². The molecule has 4 rings (SSSR count). The molecule has 0 saturated carbocycles. The fourth-order valence-corrected chi connectivity index (χ4v) is 2.79. The summed E-state index contributed by atoms with van der Waals surface area (Å²) in [5.41, 5.74) is 3.20. The van der Waals surface area contributed by atoms with E-state index < -0.39 is 0 Å². The molecule has 6 nitrogen and oxygen atoms in total. The smallest absolute Gasteiger partial charge is 0.278 e. The van der Waals surface area contributed by atoms with Crippen molar-refractivity contribution in [1.29, 1.82) is 0 Å². The first-order chi connectivity index (χ1) is 12.2. The first kappa shape index (κ1) is 15.2. The van der Waals surface area contributed by atoms with E-state index in [1.54, 1.807) is 12.3 Å². The van der Waals surface area contributed by atoms with Crippen molar-refractivity contribution in [3.8, 4) is 11.3 Å². The maximum absolute atomic E-state index is 12.1. The van der Waals surface area contributed by atoms with Gasteiger partial charge < -0.3 is 4.98 Å². The Morgan fingerprint density at radius 2 is 1.88 bits per heavy atom. The van der Waals surface area contributed by atoms with E-state index in [0.29, 0.717) is 11.3 Å². The molecule has 4 aromatic rings. The van der Waals surface area contributed by atoms with Gasteiger partial charge in [0.15, 0.2) is 10.5 Å². The third-order valence-corrected chi connectivity index (χ3v) is 4.03. The normalized spacial score (nSPS) is 11.4. The van der Waals surface area contributed by atoms with E-state index in [1.807, 2.05) is 48.7 Å². The molecule has 2 aromatic carbocycles. The number of hydrogen-bond donors (Lipinski definition) is 3. The lowest BCUT2D eigenvalue weighted by molar-refractivity contribution is 0.932. The van der Waals surface area contributed by atoms with Crippen molar-refractivity contribution >= 4 is 35.0 Å². The number of aromatic nitrogens is 4. The molecule has 0 amide bonds. The summed E-state index contributed by atoms with van der Waals surface area (Å²) in [4.78, 5) is 22.5. The number of aromatic amines is 3. The molecule has 0 radical (unpaired) electrons. The molecule has 0 bridgehead atoms. The molecule has 0 aliphatic carbocycles. The van der Waals surface area contributed by atoms with E-state index in [-0.39, 0.29) is 16.0 Å². The van der Waals surface area contributed by atoms with Gasteiger partial charge in [-0.3, -0.25) is 19.9 Å². The number of benzene rings is 2. The van der Waals surface area contributed by atoms with Gasteiger partial charge in [-0.1, -0.05) is 36.4 Å². The van der Waals surface area contributed by atoms with Crippen LogP contribution in [0.1, 0.15) is 5.56 Å². The molecule has 7 heteroatoms. The van der Waals surface area contributed by atoms with Crippen molar-refractivity contribution in [2.75, 3.05) is 0 Å². The predicted octanol–water partition coefficient (Wildman–Crippen LogP) is 3.73. The van der Waals surface area contributed by atoms with Gasteiger partial charge in [0, 0.05) is 34.4 Å². The Morgan fingerprint density at radius 1 is 1.08 bits per heavy atom. The molecule has 3 N–H and O–H groups in total. The molecule has 0 saturated heterocycles. The first-order valence-corrected chi connectivity index (χ1v) is 8.02. The highest BCUT2D eigenvalue weighted by Gasteiger charge is 2.10. The summed E-state index contributed by atoms with van der Waals surface area (Å²) in [6.07, 6.45) is 3.68. The molecule has 0 spiro atoms. The van der Waals surface area contributed by atoms with Crippen LogP contribution in [0, 0.1) is 4.77 Å². The molecule has 0 atom stereocenters. The largest absolute Gasteiger partial charge is 0.361 e. The lowest BCUT2D eigenvalue weighted by atomic mass is 10.1. The van der Waals surface area contributed by atoms with Gasteiger partial charge in [0.1, 0.15) is 0 Å². The van der Waals surface area contributed by atoms with Crippen LogP contribution < -0.4 is 5.56 Å². The molecule has 0 fully saturated rings. The highest BCUT2D eigenvalue weighted by molar-refractivity contribution is 7.71. The van der Waals surface area contributed by atoms with Gasteiger partial charge in [0.2, 0.25) is 0 Å². The van der Waals surface area contributed by atoms with Crippen LogP contribution in [0.3, 0.4) is 0 Å². The van der Waals surface area contributed by atoms with Crippen LogP contribution in [-0.4, -0.2) is 26.4 Å². The Balaban J connectivity index is 1.79. The minimum Gasteiger partial charge on any atom is -0.361 e. The zero-order valence-corrected chi connectivity index (χ0v) is 13.8. The Hall–Kier alpha value is -3.32. The van der Waals surface area contributed by atoms with Crippen molar-refractivity contribution in [2.24, 2.45) is 4.99 Å². The molecule has 25 heavy (non-hydrogen) atoms. The van der Waals surface area contributed by atoms with Crippen LogP contribution in [0.5, 0.6) is 0 Å². The van der Waals surface area contributed by atoms with Crippen molar-refractivity contribution in [3.05, 3.63) is 75.4 Å². The average Bonchev–Trinajstić information content (AvgIpc) is 3.04. The quantitative estimate of drug-likeness (QED) is 0.390. The highest BCUT2D eigenvalue weighted by Crippen LogP contribution is 2.26. The van der Waals surface area contributed by atoms with E-state index in [4.69, 9.17) is 12.2 Å². The second-order valence-electron chi connectivity index (χ2n) is 5.42. The summed E-state index contributed by atoms with van der Waals surface area (Å²) < 4.78 is 0.188. The summed E-state index contributed by atoms with van der Waals surface area (Å²) in [7, 11) is 0. The third kappa shape index (κ3) is 2.92. The molecule has 2 heterocycles. The van der Waals surface area contributed by atoms with Crippen LogP contribution >= 0.6 is 12.2 Å². The fraction of sp³-hybridized carbons (Fsp3) is 0. The zero-order valence-electron chi connectivity index (χ0n) is 13.0. The Bertz CT molecular complexity index is 1200. The minimum atomic E-state index is -0.349. The van der Waals surface area contributed by atoms with E-state index in [9.17, 15) is 4.79 Å². The summed E-state index contributed by atoms with van der Waals surface area (Å²) in [6, 6.07) is 15.3. The summed E-state index contributed by atoms with van der Waals surface area (Å²) >= 11 is 4.89. The van der Waals surface area contributed by atoms with Crippen LogP contribution in [-0.2, 0) is 0 Å². The van der Waals surface area contributed by atoms with Gasteiger partial charge in [-0.2, -0.15) is 5.10 Å². The Labute approximate surface area is 147 Å². The van der Waals surface area contributed by atoms with Gasteiger partial charge in [0.25, 0.3) is 5.56 Å².